The Morgan fingerprint density at radius 1 is 0.926 bits per heavy atom. The molecule has 0 bridgehead atoms. The lowest BCUT2D eigenvalue weighted by molar-refractivity contribution is -0.161. The number of imide groups is 1. The van der Waals surface area contributed by atoms with E-state index in [2.05, 4.69) is 26.6 Å². The Morgan fingerprint density at radius 3 is 2.17 bits per heavy atom. The second kappa shape index (κ2) is 22.5. The Kier molecular flexibility index (Phi) is 18.9. The lowest BCUT2D eigenvalue weighted by atomic mass is 9.99. The Morgan fingerprint density at radius 2 is 1.59 bits per heavy atom. The van der Waals surface area contributed by atoms with E-state index in [0.29, 0.717) is 18.5 Å². The largest absolute Gasteiger partial charge is 0.461 e. The molecule has 1 unspecified atom stereocenters. The van der Waals surface area contributed by atoms with Gasteiger partial charge in [0.1, 0.15) is 18.7 Å². The summed E-state index contributed by atoms with van der Waals surface area (Å²) in [6, 6.07) is 1.38. The van der Waals surface area contributed by atoms with Crippen molar-refractivity contribution >= 4 is 47.2 Å². The van der Waals surface area contributed by atoms with Crippen LogP contribution in [0, 0.1) is 11.8 Å². The fourth-order valence-corrected chi connectivity index (χ4v) is 5.73. The lowest BCUT2D eigenvalue weighted by Crippen LogP contribution is -2.58. The number of alkyl halides is 3. The first-order valence-electron chi connectivity index (χ1n) is 18.2. The van der Waals surface area contributed by atoms with E-state index in [0.717, 1.165) is 10.5 Å². The molecule has 1 aliphatic heterocycles. The molecule has 7 N–H and O–H groups in total. The normalized spacial score (nSPS) is 16.1. The van der Waals surface area contributed by atoms with Crippen LogP contribution >= 0.6 is 0 Å². The summed E-state index contributed by atoms with van der Waals surface area (Å²) in [5, 5.41) is 12.8. The number of benzene rings is 1. The summed E-state index contributed by atoms with van der Waals surface area (Å²) in [6.45, 7) is 6.49. The minimum absolute atomic E-state index is 0.0279. The number of nitrogens with one attached hydrogen (secondary N) is 5. The van der Waals surface area contributed by atoms with Gasteiger partial charge in [0.25, 0.3) is 0 Å². The molecule has 1 fully saturated rings. The summed E-state index contributed by atoms with van der Waals surface area (Å²) in [4.78, 5) is 86.4. The quantitative estimate of drug-likeness (QED) is 0.0547. The van der Waals surface area contributed by atoms with Gasteiger partial charge in [-0.3, -0.25) is 39.0 Å². The predicted octanol–water partition coefficient (Wildman–Crippen LogP) is 3.02. The molecule has 302 valence electrons. The van der Waals surface area contributed by atoms with E-state index >= 15 is 0 Å². The first kappa shape index (κ1) is 45.4. The first-order chi connectivity index (χ1) is 25.4. The standard InChI is InChI=1S/C36H54F3N7O8/c1-22(2)31(45-28(36(37,38)39)11-6-5-7-19-46-30(49)20-23(3)34(46)52)33(51)44-27(10-8-18-42-35(40)53)32(50)41-17-9-12-29(48)43-26-15-13-25(14-16-26)21-54-24(4)47/h13-16,22-23,27-28,31,45H,5-12,17-21H2,1-4H3,(H,41,50)(H,43,48)(H,44,51)(H3,40,42,53)/t23?,27-,28-,31-/m0/s1. The molecule has 1 aromatic rings. The number of nitrogens with two attached hydrogens (primary N) is 1. The van der Waals surface area contributed by atoms with Gasteiger partial charge in [-0.15, -0.1) is 0 Å². The van der Waals surface area contributed by atoms with Crippen LogP contribution in [0.1, 0.15) is 91.0 Å². The number of urea groups is 1. The number of nitrogens with zero attached hydrogens (tertiary/aromatic N) is 1. The number of carbonyl (C=O) groups is 7. The number of anilines is 1. The summed E-state index contributed by atoms with van der Waals surface area (Å²) >= 11 is 0. The van der Waals surface area contributed by atoms with Crippen molar-refractivity contribution < 1.29 is 51.5 Å². The average molecular weight is 770 g/mol. The molecule has 1 heterocycles. The summed E-state index contributed by atoms with van der Waals surface area (Å²) in [6.07, 6.45) is -3.60. The van der Waals surface area contributed by atoms with Crippen LogP contribution in [0.4, 0.5) is 23.7 Å². The third-order valence-corrected chi connectivity index (χ3v) is 8.73. The molecule has 1 saturated heterocycles. The maximum absolute atomic E-state index is 14.1. The number of hydrogen-bond donors (Lipinski definition) is 6. The maximum atomic E-state index is 14.1. The summed E-state index contributed by atoms with van der Waals surface area (Å²) in [5.41, 5.74) is 6.36. The Hall–Kier alpha value is -4.74. The van der Waals surface area contributed by atoms with Crippen LogP contribution in [0.25, 0.3) is 0 Å². The second-order valence-corrected chi connectivity index (χ2v) is 13.7. The molecule has 7 amide bonds. The zero-order valence-corrected chi connectivity index (χ0v) is 31.3. The van der Waals surface area contributed by atoms with E-state index in [-0.39, 0.29) is 88.9 Å². The number of ether oxygens (including phenoxy) is 1. The van der Waals surface area contributed by atoms with Crippen molar-refractivity contribution in [1.29, 1.82) is 0 Å². The molecule has 4 atom stereocenters. The summed E-state index contributed by atoms with van der Waals surface area (Å²) < 4.78 is 47.4. The van der Waals surface area contributed by atoms with E-state index in [4.69, 9.17) is 10.5 Å². The number of rotatable bonds is 23. The summed E-state index contributed by atoms with van der Waals surface area (Å²) in [7, 11) is 0. The zero-order valence-electron chi connectivity index (χ0n) is 31.3. The second-order valence-electron chi connectivity index (χ2n) is 13.7. The van der Waals surface area contributed by atoms with Crippen LogP contribution in [-0.2, 0) is 40.1 Å². The molecule has 0 spiro atoms. The van der Waals surface area contributed by atoms with Gasteiger partial charge in [0.15, 0.2) is 0 Å². The fraction of sp³-hybridized carbons (Fsp3) is 0.639. The fourth-order valence-electron chi connectivity index (χ4n) is 5.73. The summed E-state index contributed by atoms with van der Waals surface area (Å²) in [5.74, 6) is -3.74. The van der Waals surface area contributed by atoms with E-state index in [1.54, 1.807) is 45.0 Å². The van der Waals surface area contributed by atoms with Gasteiger partial charge >= 0.3 is 18.2 Å². The highest BCUT2D eigenvalue weighted by molar-refractivity contribution is 6.03. The molecule has 1 aromatic carbocycles. The van der Waals surface area contributed by atoms with Crippen LogP contribution in [0.3, 0.4) is 0 Å². The van der Waals surface area contributed by atoms with Gasteiger partial charge in [-0.2, -0.15) is 13.2 Å². The topological polar surface area (TPSA) is 218 Å². The monoisotopic (exact) mass is 769 g/mol. The number of primary amides is 1. The number of hydrogen-bond acceptors (Lipinski definition) is 9. The van der Waals surface area contributed by atoms with Crippen molar-refractivity contribution in [2.45, 2.75) is 116 Å². The van der Waals surface area contributed by atoms with Crippen molar-refractivity contribution in [2.75, 3.05) is 25.0 Å². The van der Waals surface area contributed by atoms with Crippen molar-refractivity contribution in [3.63, 3.8) is 0 Å². The molecule has 18 heteroatoms. The molecule has 0 saturated carbocycles. The van der Waals surface area contributed by atoms with Gasteiger partial charge in [-0.25, -0.2) is 4.79 Å². The predicted molar refractivity (Wildman–Crippen MR) is 192 cm³/mol. The van der Waals surface area contributed by atoms with Crippen LogP contribution in [0.15, 0.2) is 24.3 Å². The Labute approximate surface area is 313 Å². The molecular weight excluding hydrogens is 715 g/mol. The number of amides is 7. The van der Waals surface area contributed by atoms with Gasteiger partial charge in [0, 0.05) is 51.0 Å². The lowest BCUT2D eigenvalue weighted by Gasteiger charge is -2.30. The maximum Gasteiger partial charge on any atom is 0.403 e. The molecule has 0 aliphatic carbocycles. The van der Waals surface area contributed by atoms with E-state index in [1.165, 1.54) is 6.92 Å². The highest BCUT2D eigenvalue weighted by Crippen LogP contribution is 2.26. The molecule has 2 rings (SSSR count). The van der Waals surface area contributed by atoms with E-state index in [9.17, 15) is 46.7 Å². The first-order valence-corrected chi connectivity index (χ1v) is 18.2. The van der Waals surface area contributed by atoms with Crippen LogP contribution in [-0.4, -0.2) is 90.4 Å². The molecule has 0 aromatic heterocycles. The average Bonchev–Trinajstić information content (AvgIpc) is 3.33. The van der Waals surface area contributed by atoms with Gasteiger partial charge in [0.2, 0.25) is 29.5 Å². The van der Waals surface area contributed by atoms with Gasteiger partial charge < -0.3 is 31.7 Å². The van der Waals surface area contributed by atoms with E-state index < -0.39 is 60.0 Å². The Bertz CT molecular complexity index is 1440. The highest BCUT2D eigenvalue weighted by atomic mass is 19.4. The third-order valence-electron chi connectivity index (χ3n) is 8.73. The third kappa shape index (κ3) is 16.5. The van der Waals surface area contributed by atoms with Crippen molar-refractivity contribution in [3.8, 4) is 0 Å². The number of carbonyl (C=O) groups excluding carboxylic acids is 7. The number of unbranched alkanes of at least 4 members (excludes halogenated alkanes) is 2. The van der Waals surface area contributed by atoms with Crippen LogP contribution < -0.4 is 32.3 Å². The minimum atomic E-state index is -4.69. The number of esters is 1. The molecular formula is C36H54F3N7O8. The van der Waals surface area contributed by atoms with Gasteiger partial charge in [-0.05, 0) is 55.7 Å². The highest BCUT2D eigenvalue weighted by Gasteiger charge is 2.42. The number of likely N-dealkylation sites (tertiary alicyclic amines) is 1. The Balaban J connectivity index is 1.95. The van der Waals surface area contributed by atoms with E-state index in [1.807, 2.05) is 0 Å². The SMILES string of the molecule is CC(=O)OCc1ccc(NC(=O)CCCNC(=O)[C@H](CCCNC(N)=O)NC(=O)[C@@H](N[C@@H](CCCCCN2C(=O)CC(C)C2=O)C(F)(F)F)C(C)C)cc1. The minimum Gasteiger partial charge on any atom is -0.461 e. The van der Waals surface area contributed by atoms with Crippen LogP contribution in [0.2, 0.25) is 0 Å². The number of halogens is 3. The zero-order chi connectivity index (χ0) is 40.4. The molecule has 1 aliphatic rings. The molecule has 0 radical (unpaired) electrons. The smallest absolute Gasteiger partial charge is 0.403 e. The van der Waals surface area contributed by atoms with Crippen LogP contribution in [0.5, 0.6) is 0 Å². The van der Waals surface area contributed by atoms with Crippen molar-refractivity contribution in [3.05, 3.63) is 29.8 Å². The van der Waals surface area contributed by atoms with Crippen molar-refractivity contribution in [2.24, 2.45) is 17.6 Å². The molecule has 15 nitrogen and oxygen atoms in total. The van der Waals surface area contributed by atoms with Gasteiger partial charge in [0.05, 0.1) is 6.04 Å². The van der Waals surface area contributed by atoms with Crippen molar-refractivity contribution in [1.82, 2.24) is 26.2 Å². The molecule has 54 heavy (non-hydrogen) atoms. The van der Waals surface area contributed by atoms with Gasteiger partial charge in [-0.1, -0.05) is 45.7 Å².